The Morgan fingerprint density at radius 3 is 2.71 bits per heavy atom. The third kappa shape index (κ3) is 5.71. The van der Waals surface area contributed by atoms with Gasteiger partial charge in [0.1, 0.15) is 12.3 Å². The molecule has 0 radical (unpaired) electrons. The van der Waals surface area contributed by atoms with Crippen LogP contribution < -0.4 is 0 Å². The van der Waals surface area contributed by atoms with E-state index in [1.807, 2.05) is 6.92 Å². The standard InChI is InChI=1S/C13H22N2O2/c1-4-5-13(12(2)3)14-17-11-8-15-6-9-16-10-7-15/h12H,6-11H2,1-3H3/b14-13+. The fraction of sp³-hybridized carbons (Fsp3) is 0.769. The first-order valence-corrected chi connectivity index (χ1v) is 6.16. The highest BCUT2D eigenvalue weighted by Crippen LogP contribution is 1.99. The minimum Gasteiger partial charge on any atom is -0.394 e. The Morgan fingerprint density at radius 1 is 1.41 bits per heavy atom. The van der Waals surface area contributed by atoms with E-state index in [4.69, 9.17) is 9.57 Å². The van der Waals surface area contributed by atoms with Crippen molar-refractivity contribution >= 4 is 5.71 Å². The summed E-state index contributed by atoms with van der Waals surface area (Å²) in [6.45, 7) is 11.1. The summed E-state index contributed by atoms with van der Waals surface area (Å²) in [6, 6.07) is 0. The van der Waals surface area contributed by atoms with Crippen molar-refractivity contribution < 1.29 is 9.57 Å². The average Bonchev–Trinajstić information content (AvgIpc) is 2.34. The van der Waals surface area contributed by atoms with Crippen molar-refractivity contribution in [1.82, 2.24) is 4.90 Å². The van der Waals surface area contributed by atoms with Crippen LogP contribution in [0.4, 0.5) is 0 Å². The molecular weight excluding hydrogens is 216 g/mol. The molecule has 4 heteroatoms. The Morgan fingerprint density at radius 2 is 2.12 bits per heavy atom. The van der Waals surface area contributed by atoms with Crippen molar-refractivity contribution in [2.24, 2.45) is 11.1 Å². The summed E-state index contributed by atoms with van der Waals surface area (Å²) >= 11 is 0. The third-order valence-corrected chi connectivity index (χ3v) is 2.57. The summed E-state index contributed by atoms with van der Waals surface area (Å²) < 4.78 is 5.28. The van der Waals surface area contributed by atoms with Crippen LogP contribution in [0.5, 0.6) is 0 Å². The zero-order valence-electron chi connectivity index (χ0n) is 11.0. The van der Waals surface area contributed by atoms with E-state index in [2.05, 4.69) is 35.7 Å². The van der Waals surface area contributed by atoms with Crippen LogP contribution in [0.3, 0.4) is 0 Å². The van der Waals surface area contributed by atoms with E-state index in [1.165, 1.54) is 0 Å². The van der Waals surface area contributed by atoms with Crippen LogP contribution >= 0.6 is 0 Å². The van der Waals surface area contributed by atoms with Gasteiger partial charge in [0, 0.05) is 25.6 Å². The number of hydrogen-bond acceptors (Lipinski definition) is 4. The minimum absolute atomic E-state index is 0.311. The van der Waals surface area contributed by atoms with E-state index in [0.717, 1.165) is 38.6 Å². The van der Waals surface area contributed by atoms with Gasteiger partial charge in [0.05, 0.1) is 13.2 Å². The molecule has 0 aromatic carbocycles. The van der Waals surface area contributed by atoms with E-state index in [0.29, 0.717) is 12.5 Å². The lowest BCUT2D eigenvalue weighted by Gasteiger charge is -2.25. The number of morpholine rings is 1. The predicted octanol–water partition coefficient (Wildman–Crippen LogP) is 1.37. The van der Waals surface area contributed by atoms with E-state index in [-0.39, 0.29) is 0 Å². The first-order valence-electron chi connectivity index (χ1n) is 6.16. The first kappa shape index (κ1) is 14.0. The second-order valence-corrected chi connectivity index (χ2v) is 4.29. The molecule has 0 saturated carbocycles. The monoisotopic (exact) mass is 238 g/mol. The van der Waals surface area contributed by atoms with Crippen LogP contribution in [0.25, 0.3) is 0 Å². The summed E-state index contributed by atoms with van der Waals surface area (Å²) in [4.78, 5) is 7.63. The van der Waals surface area contributed by atoms with Gasteiger partial charge in [-0.2, -0.15) is 0 Å². The van der Waals surface area contributed by atoms with Gasteiger partial charge in [0.2, 0.25) is 0 Å². The van der Waals surface area contributed by atoms with Gasteiger partial charge >= 0.3 is 0 Å². The third-order valence-electron chi connectivity index (χ3n) is 2.57. The molecule has 96 valence electrons. The molecule has 0 aliphatic carbocycles. The van der Waals surface area contributed by atoms with Gasteiger partial charge in [-0.25, -0.2) is 0 Å². The van der Waals surface area contributed by atoms with Crippen molar-refractivity contribution in [2.45, 2.75) is 20.8 Å². The highest BCUT2D eigenvalue weighted by Gasteiger charge is 2.09. The average molecular weight is 238 g/mol. The van der Waals surface area contributed by atoms with E-state index < -0.39 is 0 Å². The van der Waals surface area contributed by atoms with E-state index in [1.54, 1.807) is 0 Å². The molecule has 0 aromatic rings. The van der Waals surface area contributed by atoms with Gasteiger partial charge in [-0.15, -0.1) is 0 Å². The smallest absolute Gasteiger partial charge is 0.132 e. The summed E-state index contributed by atoms with van der Waals surface area (Å²) in [5.41, 5.74) is 0.814. The van der Waals surface area contributed by atoms with Gasteiger partial charge in [-0.3, -0.25) is 4.90 Å². The number of ether oxygens (including phenoxy) is 1. The fourth-order valence-electron chi connectivity index (χ4n) is 1.51. The maximum atomic E-state index is 5.32. The number of rotatable bonds is 5. The van der Waals surface area contributed by atoms with Crippen LogP contribution in [0, 0.1) is 17.8 Å². The Balaban J connectivity index is 2.24. The SMILES string of the molecule is CC#C/C(=N\OCCN1CCOCC1)C(C)C. The summed E-state index contributed by atoms with van der Waals surface area (Å²) in [5, 5.41) is 4.08. The van der Waals surface area contributed by atoms with Crippen molar-refractivity contribution in [1.29, 1.82) is 0 Å². The number of nitrogens with zero attached hydrogens (tertiary/aromatic N) is 2. The molecule has 0 aromatic heterocycles. The van der Waals surface area contributed by atoms with Crippen LogP contribution in [0.1, 0.15) is 20.8 Å². The summed E-state index contributed by atoms with van der Waals surface area (Å²) in [7, 11) is 0. The van der Waals surface area contributed by atoms with Crippen LogP contribution in [0.15, 0.2) is 5.16 Å². The van der Waals surface area contributed by atoms with Crippen molar-refractivity contribution in [2.75, 3.05) is 39.5 Å². The number of oxime groups is 1. The van der Waals surface area contributed by atoms with E-state index in [9.17, 15) is 0 Å². The molecule has 0 atom stereocenters. The quantitative estimate of drug-likeness (QED) is 0.314. The first-order chi connectivity index (χ1) is 8.24. The molecule has 1 heterocycles. The predicted molar refractivity (Wildman–Crippen MR) is 68.9 cm³/mol. The second kappa shape index (κ2) is 8.10. The highest BCUT2D eigenvalue weighted by molar-refractivity contribution is 6.01. The van der Waals surface area contributed by atoms with Gasteiger partial charge in [0.15, 0.2) is 0 Å². The molecule has 0 bridgehead atoms. The molecule has 4 nitrogen and oxygen atoms in total. The Labute approximate surface area is 104 Å². The van der Waals surface area contributed by atoms with Crippen LogP contribution in [-0.4, -0.2) is 50.1 Å². The summed E-state index contributed by atoms with van der Waals surface area (Å²) in [5.74, 6) is 6.12. The molecule has 0 N–H and O–H groups in total. The van der Waals surface area contributed by atoms with Gasteiger partial charge in [-0.05, 0) is 12.8 Å². The maximum absolute atomic E-state index is 5.32. The Kier molecular flexibility index (Phi) is 6.68. The van der Waals surface area contributed by atoms with E-state index >= 15 is 0 Å². The van der Waals surface area contributed by atoms with Crippen LogP contribution in [-0.2, 0) is 9.57 Å². The highest BCUT2D eigenvalue weighted by atomic mass is 16.6. The van der Waals surface area contributed by atoms with Crippen molar-refractivity contribution in [3.63, 3.8) is 0 Å². The second-order valence-electron chi connectivity index (χ2n) is 4.29. The zero-order valence-corrected chi connectivity index (χ0v) is 11.0. The Bertz CT molecular complexity index is 296. The molecule has 17 heavy (non-hydrogen) atoms. The fourth-order valence-corrected chi connectivity index (χ4v) is 1.51. The lowest BCUT2D eigenvalue weighted by Crippen LogP contribution is -2.38. The lowest BCUT2D eigenvalue weighted by atomic mass is 10.1. The molecule has 1 saturated heterocycles. The Hall–Kier alpha value is -1.05. The molecule has 1 fully saturated rings. The maximum Gasteiger partial charge on any atom is 0.132 e. The molecule has 0 unspecified atom stereocenters. The zero-order chi connectivity index (χ0) is 12.5. The van der Waals surface area contributed by atoms with Gasteiger partial charge < -0.3 is 9.57 Å². The molecule has 0 amide bonds. The molecule has 1 aliphatic rings. The summed E-state index contributed by atoms with van der Waals surface area (Å²) in [6.07, 6.45) is 0. The topological polar surface area (TPSA) is 34.1 Å². The lowest BCUT2D eigenvalue weighted by molar-refractivity contribution is 0.0211. The largest absolute Gasteiger partial charge is 0.394 e. The minimum atomic E-state index is 0.311. The molecule has 1 aliphatic heterocycles. The normalized spacial score (nSPS) is 17.8. The van der Waals surface area contributed by atoms with Crippen molar-refractivity contribution in [3.8, 4) is 11.8 Å². The van der Waals surface area contributed by atoms with Crippen molar-refractivity contribution in [3.05, 3.63) is 0 Å². The molecule has 0 spiro atoms. The van der Waals surface area contributed by atoms with Crippen LogP contribution in [0.2, 0.25) is 0 Å². The van der Waals surface area contributed by atoms with Gasteiger partial charge in [0.25, 0.3) is 0 Å². The molecular formula is C13H22N2O2. The molecule has 1 rings (SSSR count). The number of hydrogen-bond donors (Lipinski definition) is 0. The van der Waals surface area contributed by atoms with Gasteiger partial charge in [-0.1, -0.05) is 24.9 Å².